The van der Waals surface area contributed by atoms with Gasteiger partial charge in [-0.15, -0.1) is 0 Å². The molecule has 2 rings (SSSR count). The first-order valence-corrected chi connectivity index (χ1v) is 5.82. The fourth-order valence-electron chi connectivity index (χ4n) is 2.02. The molecule has 0 heterocycles. The molecule has 1 aromatic rings. The lowest BCUT2D eigenvalue weighted by Gasteiger charge is -2.05. The number of rotatable bonds is 4. The highest BCUT2D eigenvalue weighted by Crippen LogP contribution is 2.53. The van der Waals surface area contributed by atoms with Crippen molar-refractivity contribution >= 4 is 5.97 Å². The smallest absolute Gasteiger partial charge is 0.338 e. The van der Waals surface area contributed by atoms with Crippen molar-refractivity contribution < 1.29 is 9.53 Å². The van der Waals surface area contributed by atoms with Gasteiger partial charge in [0.15, 0.2) is 0 Å². The summed E-state index contributed by atoms with van der Waals surface area (Å²) in [6, 6.07) is 9.15. The normalized spacial score (nSPS) is 21.5. The largest absolute Gasteiger partial charge is 0.462 e. The highest BCUT2D eigenvalue weighted by Gasteiger charge is 2.44. The lowest BCUT2D eigenvalue weighted by Crippen LogP contribution is -2.07. The van der Waals surface area contributed by atoms with E-state index in [2.05, 4.69) is 13.8 Å². The van der Waals surface area contributed by atoms with Gasteiger partial charge in [-0.1, -0.05) is 32.0 Å². The molecule has 2 heteroatoms. The Kier molecular flexibility index (Phi) is 2.99. The van der Waals surface area contributed by atoms with Crippen molar-refractivity contribution in [3.05, 3.63) is 35.9 Å². The zero-order valence-electron chi connectivity index (χ0n) is 9.90. The topological polar surface area (TPSA) is 26.3 Å². The zero-order chi connectivity index (χ0) is 11.6. The second-order valence-corrected chi connectivity index (χ2v) is 5.18. The number of hydrogen-bond donors (Lipinski definition) is 0. The van der Waals surface area contributed by atoms with Crippen LogP contribution in [0.4, 0.5) is 0 Å². The maximum atomic E-state index is 11.6. The molecule has 0 unspecified atom stereocenters. The number of carbonyl (C=O) groups is 1. The van der Waals surface area contributed by atoms with E-state index in [-0.39, 0.29) is 5.97 Å². The van der Waals surface area contributed by atoms with E-state index in [9.17, 15) is 4.79 Å². The quantitative estimate of drug-likeness (QED) is 0.725. The van der Waals surface area contributed by atoms with Crippen LogP contribution in [0.15, 0.2) is 30.3 Å². The van der Waals surface area contributed by atoms with Gasteiger partial charge in [-0.05, 0) is 36.3 Å². The van der Waals surface area contributed by atoms with Gasteiger partial charge >= 0.3 is 5.97 Å². The highest BCUT2D eigenvalue weighted by molar-refractivity contribution is 5.89. The van der Waals surface area contributed by atoms with Gasteiger partial charge in [0, 0.05) is 0 Å². The summed E-state index contributed by atoms with van der Waals surface area (Å²) >= 11 is 0. The summed E-state index contributed by atoms with van der Waals surface area (Å²) in [5.74, 6) is 0.523. The Bertz CT molecular complexity index is 368. The molecule has 0 amide bonds. The van der Waals surface area contributed by atoms with Crippen LogP contribution in [0.25, 0.3) is 0 Å². The maximum absolute atomic E-state index is 11.6. The third-order valence-electron chi connectivity index (χ3n) is 3.43. The molecule has 0 spiro atoms. The van der Waals surface area contributed by atoms with Gasteiger partial charge in [-0.25, -0.2) is 4.79 Å². The van der Waals surface area contributed by atoms with Gasteiger partial charge in [0.1, 0.15) is 0 Å². The van der Waals surface area contributed by atoms with E-state index >= 15 is 0 Å². The summed E-state index contributed by atoms with van der Waals surface area (Å²) in [5.41, 5.74) is 1.11. The van der Waals surface area contributed by atoms with Crippen LogP contribution in [-0.2, 0) is 4.74 Å². The van der Waals surface area contributed by atoms with Crippen LogP contribution >= 0.6 is 0 Å². The molecule has 1 aliphatic carbocycles. The molecule has 0 radical (unpaired) electrons. The zero-order valence-corrected chi connectivity index (χ0v) is 9.90. The van der Waals surface area contributed by atoms with E-state index in [4.69, 9.17) is 4.74 Å². The predicted octanol–water partition coefficient (Wildman–Crippen LogP) is 3.28. The molecule has 1 aliphatic rings. The first kappa shape index (κ1) is 11.2. The van der Waals surface area contributed by atoms with Gasteiger partial charge in [0.2, 0.25) is 0 Å². The Balaban J connectivity index is 1.73. The van der Waals surface area contributed by atoms with Crippen LogP contribution in [-0.4, -0.2) is 12.6 Å². The minimum absolute atomic E-state index is 0.209. The number of hydrogen-bond acceptors (Lipinski definition) is 2. The first-order chi connectivity index (χ1) is 7.59. The van der Waals surface area contributed by atoms with Crippen molar-refractivity contribution in [2.45, 2.75) is 26.7 Å². The van der Waals surface area contributed by atoms with E-state index < -0.39 is 0 Å². The summed E-state index contributed by atoms with van der Waals surface area (Å²) < 4.78 is 5.23. The lowest BCUT2D eigenvalue weighted by atomic mass is 10.1. The molecule has 1 atom stereocenters. The molecule has 0 saturated heterocycles. The Morgan fingerprint density at radius 2 is 2.00 bits per heavy atom. The van der Waals surface area contributed by atoms with Crippen molar-refractivity contribution in [2.75, 3.05) is 6.61 Å². The van der Waals surface area contributed by atoms with Crippen LogP contribution in [0.5, 0.6) is 0 Å². The van der Waals surface area contributed by atoms with Crippen molar-refractivity contribution in [2.24, 2.45) is 11.3 Å². The van der Waals surface area contributed by atoms with Gasteiger partial charge < -0.3 is 4.74 Å². The van der Waals surface area contributed by atoms with Gasteiger partial charge in [-0.3, -0.25) is 0 Å². The monoisotopic (exact) mass is 218 g/mol. The third-order valence-corrected chi connectivity index (χ3v) is 3.43. The third kappa shape index (κ3) is 2.63. The lowest BCUT2D eigenvalue weighted by molar-refractivity contribution is 0.0491. The molecule has 16 heavy (non-hydrogen) atoms. The minimum Gasteiger partial charge on any atom is -0.462 e. The fourth-order valence-corrected chi connectivity index (χ4v) is 2.02. The van der Waals surface area contributed by atoms with E-state index in [0.717, 1.165) is 12.3 Å². The number of ether oxygens (including phenoxy) is 1. The Labute approximate surface area is 96.6 Å². The number of esters is 1. The van der Waals surface area contributed by atoms with Crippen LogP contribution < -0.4 is 0 Å². The van der Waals surface area contributed by atoms with Gasteiger partial charge in [0.05, 0.1) is 12.2 Å². The van der Waals surface area contributed by atoms with Gasteiger partial charge in [-0.2, -0.15) is 0 Å². The molecule has 2 nitrogen and oxygen atoms in total. The summed E-state index contributed by atoms with van der Waals surface area (Å²) in [4.78, 5) is 11.6. The van der Waals surface area contributed by atoms with Crippen molar-refractivity contribution in [3.8, 4) is 0 Å². The van der Waals surface area contributed by atoms with Crippen molar-refractivity contribution in [1.29, 1.82) is 0 Å². The van der Waals surface area contributed by atoms with E-state index in [0.29, 0.717) is 17.6 Å². The molecular weight excluding hydrogens is 200 g/mol. The molecule has 0 N–H and O–H groups in total. The molecule has 0 aromatic heterocycles. The molecule has 0 aliphatic heterocycles. The summed E-state index contributed by atoms with van der Waals surface area (Å²) in [7, 11) is 0. The first-order valence-electron chi connectivity index (χ1n) is 5.82. The van der Waals surface area contributed by atoms with Crippen LogP contribution in [0.3, 0.4) is 0 Å². The standard InChI is InChI=1S/C14H18O2/c1-14(2)10-12(14)8-9-16-13(15)11-6-4-3-5-7-11/h3-7,12H,8-10H2,1-2H3/t12-/m0/s1. The Morgan fingerprint density at radius 1 is 1.38 bits per heavy atom. The Hall–Kier alpha value is -1.31. The molecular formula is C14H18O2. The van der Waals surface area contributed by atoms with E-state index in [1.165, 1.54) is 6.42 Å². The maximum Gasteiger partial charge on any atom is 0.338 e. The fraction of sp³-hybridized carbons (Fsp3) is 0.500. The average molecular weight is 218 g/mol. The summed E-state index contributed by atoms with van der Waals surface area (Å²) in [5, 5.41) is 0. The number of carbonyl (C=O) groups excluding carboxylic acids is 1. The van der Waals surface area contributed by atoms with Crippen LogP contribution in [0.1, 0.15) is 37.0 Å². The van der Waals surface area contributed by atoms with E-state index in [1.54, 1.807) is 12.1 Å². The molecule has 0 bridgehead atoms. The second-order valence-electron chi connectivity index (χ2n) is 5.18. The molecule has 1 aromatic carbocycles. The van der Waals surface area contributed by atoms with Crippen LogP contribution in [0.2, 0.25) is 0 Å². The van der Waals surface area contributed by atoms with E-state index in [1.807, 2.05) is 18.2 Å². The molecule has 86 valence electrons. The van der Waals surface area contributed by atoms with Crippen molar-refractivity contribution in [3.63, 3.8) is 0 Å². The van der Waals surface area contributed by atoms with Crippen molar-refractivity contribution in [1.82, 2.24) is 0 Å². The molecule has 1 saturated carbocycles. The summed E-state index contributed by atoms with van der Waals surface area (Å²) in [6.07, 6.45) is 2.25. The molecule has 1 fully saturated rings. The van der Waals surface area contributed by atoms with Crippen LogP contribution in [0, 0.1) is 11.3 Å². The number of benzene rings is 1. The summed E-state index contributed by atoms with van der Waals surface area (Å²) in [6.45, 7) is 5.06. The average Bonchev–Trinajstić information content (AvgIpc) is 2.87. The Morgan fingerprint density at radius 3 is 2.56 bits per heavy atom. The predicted molar refractivity (Wildman–Crippen MR) is 63.2 cm³/mol. The minimum atomic E-state index is -0.209. The van der Waals surface area contributed by atoms with Gasteiger partial charge in [0.25, 0.3) is 0 Å². The SMILES string of the molecule is CC1(C)C[C@@H]1CCOC(=O)c1ccccc1. The highest BCUT2D eigenvalue weighted by atomic mass is 16.5. The second kappa shape index (κ2) is 4.28.